The van der Waals surface area contributed by atoms with Gasteiger partial charge in [-0.2, -0.15) is 0 Å². The Labute approximate surface area is 145 Å². The maximum atomic E-state index is 6.68. The highest BCUT2D eigenvalue weighted by Gasteiger charge is 2.38. The van der Waals surface area contributed by atoms with Gasteiger partial charge in [0.05, 0.1) is 16.1 Å². The number of aryl methyl sites for hydroxylation is 1. The maximum absolute atomic E-state index is 6.68. The minimum atomic E-state index is 0.677. The van der Waals surface area contributed by atoms with Gasteiger partial charge in [0.15, 0.2) is 4.77 Å². The highest BCUT2D eigenvalue weighted by molar-refractivity contribution is 8.00. The van der Waals surface area contributed by atoms with Gasteiger partial charge in [0.25, 0.3) is 0 Å². The fourth-order valence-corrected chi connectivity index (χ4v) is 5.97. The molecule has 3 heterocycles. The molecule has 4 rings (SSSR count). The average Bonchev–Trinajstić information content (AvgIpc) is 2.88. The molecule has 2 unspecified atom stereocenters. The van der Waals surface area contributed by atoms with E-state index in [0.29, 0.717) is 5.25 Å². The number of fused-ring (bicyclic) bond motifs is 3. The second-order valence-corrected chi connectivity index (χ2v) is 8.63. The van der Waals surface area contributed by atoms with E-state index in [0.717, 1.165) is 32.9 Å². The summed E-state index contributed by atoms with van der Waals surface area (Å²) < 4.78 is 2.69. The Balaban J connectivity index is 1.64. The number of H-pyrrole nitrogens is 1. The highest BCUT2D eigenvalue weighted by atomic mass is 35.5. The number of piperidine rings is 1. The number of thioether (sulfide) groups is 1. The summed E-state index contributed by atoms with van der Waals surface area (Å²) in [5, 5.41) is 1.51. The third-order valence-corrected chi connectivity index (χ3v) is 7.49. The van der Waals surface area contributed by atoms with Crippen LogP contribution in [0.2, 0.25) is 5.02 Å². The van der Waals surface area contributed by atoms with Gasteiger partial charge < -0.3 is 14.5 Å². The fraction of sp³-hybridized carbons (Fsp3) is 0.562. The Morgan fingerprint density at radius 3 is 2.59 bits per heavy atom. The van der Waals surface area contributed by atoms with Crippen molar-refractivity contribution in [2.24, 2.45) is 7.05 Å². The van der Waals surface area contributed by atoms with Gasteiger partial charge in [0.2, 0.25) is 0 Å². The molecule has 2 fully saturated rings. The Hall–Kier alpha value is -0.490. The second kappa shape index (κ2) is 5.55. The van der Waals surface area contributed by atoms with Crippen molar-refractivity contribution in [3.05, 3.63) is 21.9 Å². The number of nitrogens with one attached hydrogen (secondary N) is 1. The van der Waals surface area contributed by atoms with E-state index in [-0.39, 0.29) is 0 Å². The highest BCUT2D eigenvalue weighted by Crippen LogP contribution is 2.44. The lowest BCUT2D eigenvalue weighted by Gasteiger charge is -2.36. The van der Waals surface area contributed by atoms with Crippen molar-refractivity contribution in [3.8, 4) is 0 Å². The van der Waals surface area contributed by atoms with E-state index < -0.39 is 0 Å². The summed E-state index contributed by atoms with van der Waals surface area (Å²) in [6.07, 6.45) is 5.27. The van der Waals surface area contributed by atoms with Crippen molar-refractivity contribution in [1.29, 1.82) is 0 Å². The van der Waals surface area contributed by atoms with Gasteiger partial charge in [-0.05, 0) is 57.1 Å². The van der Waals surface area contributed by atoms with Gasteiger partial charge in [-0.1, -0.05) is 11.6 Å². The first-order chi connectivity index (χ1) is 10.5. The van der Waals surface area contributed by atoms with Gasteiger partial charge in [-0.3, -0.25) is 0 Å². The third kappa shape index (κ3) is 2.33. The summed E-state index contributed by atoms with van der Waals surface area (Å²) in [4.78, 5) is 6.97. The largest absolute Gasteiger partial charge is 0.331 e. The molecule has 2 aliphatic rings. The summed E-state index contributed by atoms with van der Waals surface area (Å²) in [6, 6.07) is 5.77. The van der Waals surface area contributed by atoms with Crippen LogP contribution in [0, 0.1) is 4.77 Å². The average molecular weight is 354 g/mol. The van der Waals surface area contributed by atoms with Crippen LogP contribution >= 0.6 is 35.6 Å². The van der Waals surface area contributed by atoms with Crippen molar-refractivity contribution in [3.63, 3.8) is 0 Å². The molecule has 2 atom stereocenters. The maximum Gasteiger partial charge on any atom is 0.177 e. The smallest absolute Gasteiger partial charge is 0.177 e. The zero-order valence-electron chi connectivity index (χ0n) is 12.8. The first kappa shape index (κ1) is 15.1. The van der Waals surface area contributed by atoms with E-state index in [4.69, 9.17) is 23.8 Å². The SMILES string of the molecule is CN1C2CCC1CC(Sc1ccc3[nH]c(=S)n(C)c3c1Cl)C2. The summed E-state index contributed by atoms with van der Waals surface area (Å²) in [5.41, 5.74) is 2.04. The number of halogens is 1. The Bertz CT molecular complexity index is 768. The lowest BCUT2D eigenvalue weighted by molar-refractivity contribution is 0.183. The van der Waals surface area contributed by atoms with Crippen molar-refractivity contribution in [1.82, 2.24) is 14.5 Å². The van der Waals surface area contributed by atoms with Crippen LogP contribution in [0.15, 0.2) is 17.0 Å². The Morgan fingerprint density at radius 2 is 1.91 bits per heavy atom. The molecule has 2 aliphatic heterocycles. The molecule has 0 amide bonds. The van der Waals surface area contributed by atoms with E-state index in [1.165, 1.54) is 30.6 Å². The molecule has 6 heteroatoms. The van der Waals surface area contributed by atoms with Gasteiger partial charge >= 0.3 is 0 Å². The number of hydrogen-bond acceptors (Lipinski definition) is 3. The van der Waals surface area contributed by atoms with Crippen molar-refractivity contribution in [2.75, 3.05) is 7.05 Å². The van der Waals surface area contributed by atoms with Gasteiger partial charge in [-0.25, -0.2) is 0 Å². The quantitative estimate of drug-likeness (QED) is 0.798. The van der Waals surface area contributed by atoms with Crippen molar-refractivity contribution in [2.45, 2.75) is 47.9 Å². The van der Waals surface area contributed by atoms with Crippen LogP contribution < -0.4 is 0 Å². The fourth-order valence-electron chi connectivity index (χ4n) is 4.00. The van der Waals surface area contributed by atoms with Crippen LogP contribution in [0.1, 0.15) is 25.7 Å². The molecular formula is C16H20ClN3S2. The lowest BCUT2D eigenvalue weighted by atomic mass is 10.0. The minimum absolute atomic E-state index is 0.677. The first-order valence-corrected chi connectivity index (χ1v) is 9.47. The number of aromatic amines is 1. The second-order valence-electron chi connectivity index (χ2n) is 6.52. The standard InChI is InChI=1S/C16H20ClN3S2/c1-19-9-3-4-10(19)8-11(7-9)22-13-6-5-12-15(14(13)17)20(2)16(21)18-12/h5-6,9-11H,3-4,7-8H2,1-2H3,(H,18,21). The van der Waals surface area contributed by atoms with Crippen LogP contribution in [0.4, 0.5) is 0 Å². The molecule has 0 saturated carbocycles. The summed E-state index contributed by atoms with van der Waals surface area (Å²) in [6.45, 7) is 0. The molecule has 0 radical (unpaired) electrons. The molecule has 0 aliphatic carbocycles. The molecule has 2 bridgehead atoms. The summed E-state index contributed by atoms with van der Waals surface area (Å²) in [7, 11) is 4.25. The molecule has 22 heavy (non-hydrogen) atoms. The van der Waals surface area contributed by atoms with Crippen LogP contribution in [-0.4, -0.2) is 38.8 Å². The van der Waals surface area contributed by atoms with Crippen molar-refractivity contribution < 1.29 is 0 Å². The van der Waals surface area contributed by atoms with Crippen LogP contribution in [0.5, 0.6) is 0 Å². The Kier molecular flexibility index (Phi) is 3.80. The van der Waals surface area contributed by atoms with Crippen LogP contribution in [0.25, 0.3) is 11.0 Å². The van der Waals surface area contributed by atoms with Gasteiger partial charge in [0, 0.05) is 29.3 Å². The molecule has 0 spiro atoms. The monoisotopic (exact) mass is 353 g/mol. The number of imidazole rings is 1. The van der Waals surface area contributed by atoms with E-state index in [2.05, 4.69) is 29.1 Å². The third-order valence-electron chi connectivity index (χ3n) is 5.31. The zero-order chi connectivity index (χ0) is 15.4. The summed E-state index contributed by atoms with van der Waals surface area (Å²) >= 11 is 13.9. The van der Waals surface area contributed by atoms with E-state index in [9.17, 15) is 0 Å². The topological polar surface area (TPSA) is 24.0 Å². The number of benzene rings is 1. The van der Waals surface area contributed by atoms with Gasteiger partial charge in [-0.15, -0.1) is 11.8 Å². The molecule has 118 valence electrons. The normalized spacial score (nSPS) is 28.6. The predicted molar refractivity (Wildman–Crippen MR) is 96.6 cm³/mol. The van der Waals surface area contributed by atoms with Crippen LogP contribution in [0.3, 0.4) is 0 Å². The van der Waals surface area contributed by atoms with Gasteiger partial charge in [0.1, 0.15) is 0 Å². The number of hydrogen-bond donors (Lipinski definition) is 1. The van der Waals surface area contributed by atoms with E-state index >= 15 is 0 Å². The van der Waals surface area contributed by atoms with E-state index in [1.807, 2.05) is 23.4 Å². The number of nitrogens with zero attached hydrogens (tertiary/aromatic N) is 2. The first-order valence-electron chi connectivity index (χ1n) is 7.80. The molecule has 2 saturated heterocycles. The summed E-state index contributed by atoms with van der Waals surface area (Å²) in [5.74, 6) is 0. The molecule has 3 nitrogen and oxygen atoms in total. The molecule has 1 aromatic heterocycles. The van der Waals surface area contributed by atoms with Crippen molar-refractivity contribution >= 4 is 46.6 Å². The lowest BCUT2D eigenvalue weighted by Crippen LogP contribution is -2.40. The van der Waals surface area contributed by atoms with Crippen LogP contribution in [-0.2, 0) is 7.05 Å². The number of rotatable bonds is 2. The molecule has 2 aromatic rings. The molecule has 1 aromatic carbocycles. The Morgan fingerprint density at radius 1 is 1.23 bits per heavy atom. The molecule has 1 N–H and O–H groups in total. The predicted octanol–water partition coefficient (Wildman–Crippen LogP) is 4.61. The minimum Gasteiger partial charge on any atom is -0.331 e. The van der Waals surface area contributed by atoms with E-state index in [1.54, 1.807) is 0 Å². The number of aromatic nitrogens is 2. The zero-order valence-corrected chi connectivity index (χ0v) is 15.2. The molecular weight excluding hydrogens is 334 g/mol.